The highest BCUT2D eigenvalue weighted by atomic mass is 19.1. The molecule has 3 aromatic carbocycles. The number of nitrogens with one attached hydrogen (secondary N) is 1. The zero-order valence-electron chi connectivity index (χ0n) is 22.1. The molecule has 0 fully saturated rings. The maximum atomic E-state index is 14.3. The number of aliphatic hydroxyl groups excluding tert-OH is 1. The van der Waals surface area contributed by atoms with Crippen molar-refractivity contribution in [1.29, 1.82) is 0 Å². The van der Waals surface area contributed by atoms with Crippen molar-refractivity contribution in [3.8, 4) is 5.75 Å². The predicted octanol–water partition coefficient (Wildman–Crippen LogP) is 5.60. The highest BCUT2D eigenvalue weighted by Gasteiger charge is 2.21. The molecule has 0 amide bonds. The second-order valence-electron chi connectivity index (χ2n) is 10.1. The number of rotatable bonds is 13. The van der Waals surface area contributed by atoms with E-state index in [2.05, 4.69) is 5.32 Å². The van der Waals surface area contributed by atoms with Crippen LogP contribution in [-0.2, 0) is 17.8 Å². The minimum atomic E-state index is -1.20. The van der Waals surface area contributed by atoms with Gasteiger partial charge >= 0.3 is 5.97 Å². The Morgan fingerprint density at radius 2 is 1.79 bits per heavy atom. The van der Waals surface area contributed by atoms with Crippen molar-refractivity contribution in [2.24, 2.45) is 0 Å². The van der Waals surface area contributed by atoms with Gasteiger partial charge in [-0.25, -0.2) is 13.6 Å². The first-order valence-corrected chi connectivity index (χ1v) is 12.5. The Morgan fingerprint density at radius 3 is 2.47 bits per heavy atom. The molecule has 2 atom stereocenters. The van der Waals surface area contributed by atoms with Crippen LogP contribution in [0.15, 0.2) is 60.7 Å². The fourth-order valence-corrected chi connectivity index (χ4v) is 4.02. The van der Waals surface area contributed by atoms with Crippen LogP contribution in [0.2, 0.25) is 0 Å². The molecule has 0 aliphatic carbocycles. The average molecular weight is 528 g/mol. The molecule has 3 rings (SSSR count). The largest absolute Gasteiger partial charge is 0.488 e. The number of β-amino-alcohol motifs (C(OH)–C–C–N with tert-alkyl or cyclic N) is 1. The lowest BCUT2D eigenvalue weighted by Gasteiger charge is -2.28. The zero-order valence-corrected chi connectivity index (χ0v) is 22.1. The molecule has 0 aliphatic rings. The summed E-state index contributed by atoms with van der Waals surface area (Å²) in [5, 5.41) is 22.8. The Kier molecular flexibility index (Phi) is 9.96. The number of benzene rings is 3. The van der Waals surface area contributed by atoms with Gasteiger partial charge in [0, 0.05) is 23.2 Å². The highest BCUT2D eigenvalue weighted by molar-refractivity contribution is 5.87. The molecule has 3 aromatic rings. The first-order chi connectivity index (χ1) is 17.9. The number of carbonyl (C=O) groups is 1. The van der Waals surface area contributed by atoms with Gasteiger partial charge in [-0.3, -0.25) is 0 Å². The van der Waals surface area contributed by atoms with Crippen LogP contribution in [0.5, 0.6) is 5.75 Å². The van der Waals surface area contributed by atoms with E-state index in [1.165, 1.54) is 12.1 Å². The first-order valence-electron chi connectivity index (χ1n) is 12.5. The summed E-state index contributed by atoms with van der Waals surface area (Å²) in [6.45, 7) is 7.83. The van der Waals surface area contributed by atoms with Crippen molar-refractivity contribution in [3.63, 3.8) is 0 Å². The van der Waals surface area contributed by atoms with Crippen LogP contribution >= 0.6 is 0 Å². The quantitative estimate of drug-likeness (QED) is 0.268. The lowest BCUT2D eigenvalue weighted by atomic mass is 9.94. The van der Waals surface area contributed by atoms with Gasteiger partial charge in [-0.2, -0.15) is 0 Å². The van der Waals surface area contributed by atoms with Crippen LogP contribution in [0.4, 0.5) is 8.78 Å². The average Bonchev–Trinajstić information content (AvgIpc) is 2.87. The fraction of sp³-hybridized carbons (Fsp3) is 0.367. The molecule has 0 heterocycles. The first kappa shape index (κ1) is 29.2. The van der Waals surface area contributed by atoms with Gasteiger partial charge in [0.1, 0.15) is 24.0 Å². The van der Waals surface area contributed by atoms with Crippen molar-refractivity contribution in [2.45, 2.75) is 58.5 Å². The molecule has 6 nitrogen and oxygen atoms in total. The number of aromatic carboxylic acids is 1. The van der Waals surface area contributed by atoms with E-state index in [4.69, 9.17) is 14.6 Å². The SMILES string of the molecule is Cc1ccc(CC(C)(C)NC[C@@H](O)COC(C)c2ccccc2OCc2ccc(C(=O)O)cc2F)cc1F. The molecular weight excluding hydrogens is 492 g/mol. The molecule has 0 saturated carbocycles. The standard InChI is InChI=1S/C30H35F2NO5/c1-19-9-10-21(13-26(19)31)15-30(3,4)33-16-24(34)18-37-20(2)25-7-5-6-8-28(25)38-17-23-12-11-22(29(35)36)14-27(23)32/h5-14,20,24,33-34H,15-18H2,1-4H3,(H,35,36)/t20?,24-/m1/s1. The maximum absolute atomic E-state index is 14.3. The van der Waals surface area contributed by atoms with E-state index in [1.807, 2.05) is 39.0 Å². The third-order valence-electron chi connectivity index (χ3n) is 6.28. The van der Waals surface area contributed by atoms with E-state index in [1.54, 1.807) is 31.2 Å². The third-order valence-corrected chi connectivity index (χ3v) is 6.28. The van der Waals surface area contributed by atoms with Crippen molar-refractivity contribution in [1.82, 2.24) is 5.32 Å². The summed E-state index contributed by atoms with van der Waals surface area (Å²) < 4.78 is 39.9. The zero-order chi connectivity index (χ0) is 27.9. The van der Waals surface area contributed by atoms with Crippen LogP contribution in [0.3, 0.4) is 0 Å². The molecule has 0 bridgehead atoms. The molecule has 38 heavy (non-hydrogen) atoms. The van der Waals surface area contributed by atoms with Crippen molar-refractivity contribution < 1.29 is 33.3 Å². The van der Waals surface area contributed by atoms with Gasteiger partial charge in [0.15, 0.2) is 0 Å². The smallest absolute Gasteiger partial charge is 0.335 e. The minimum Gasteiger partial charge on any atom is -0.488 e. The summed E-state index contributed by atoms with van der Waals surface area (Å²) in [7, 11) is 0. The van der Waals surface area contributed by atoms with Crippen molar-refractivity contribution in [2.75, 3.05) is 13.2 Å². The lowest BCUT2D eigenvalue weighted by Crippen LogP contribution is -2.46. The molecule has 1 unspecified atom stereocenters. The van der Waals surface area contributed by atoms with E-state index in [9.17, 15) is 18.7 Å². The second-order valence-corrected chi connectivity index (χ2v) is 10.1. The lowest BCUT2D eigenvalue weighted by molar-refractivity contribution is -0.00521. The van der Waals surface area contributed by atoms with Gasteiger partial charge in [0.2, 0.25) is 0 Å². The van der Waals surface area contributed by atoms with Gasteiger partial charge < -0.3 is 25.0 Å². The number of ether oxygens (including phenoxy) is 2. The monoisotopic (exact) mass is 527 g/mol. The topological polar surface area (TPSA) is 88.0 Å². The van der Waals surface area contributed by atoms with Gasteiger partial charge in [-0.05, 0) is 69.5 Å². The summed E-state index contributed by atoms with van der Waals surface area (Å²) in [4.78, 5) is 11.0. The minimum absolute atomic E-state index is 0.0724. The van der Waals surface area contributed by atoms with Crippen molar-refractivity contribution >= 4 is 5.97 Å². The number of hydrogen-bond donors (Lipinski definition) is 3. The Balaban J connectivity index is 1.51. The summed E-state index contributed by atoms with van der Waals surface area (Å²) in [6.07, 6.45) is -0.594. The summed E-state index contributed by atoms with van der Waals surface area (Å²) in [5.41, 5.74) is 1.95. The van der Waals surface area contributed by atoms with Crippen LogP contribution in [0.1, 0.15) is 59.5 Å². The number of aryl methyl sites for hydroxylation is 1. The van der Waals surface area contributed by atoms with Gasteiger partial charge in [0.25, 0.3) is 0 Å². The van der Waals surface area contributed by atoms with Crippen molar-refractivity contribution in [3.05, 3.63) is 100 Å². The summed E-state index contributed by atoms with van der Waals surface area (Å²) in [5.74, 6) is -1.58. The fourth-order valence-electron chi connectivity index (χ4n) is 4.02. The second kappa shape index (κ2) is 13.0. The molecule has 204 valence electrons. The third kappa shape index (κ3) is 8.34. The molecule has 8 heteroatoms. The van der Waals surface area contributed by atoms with Crippen LogP contribution in [0, 0.1) is 18.6 Å². The molecular formula is C30H35F2NO5. The number of aliphatic hydroxyl groups is 1. The Morgan fingerprint density at radius 1 is 1.05 bits per heavy atom. The maximum Gasteiger partial charge on any atom is 0.335 e. The Bertz CT molecular complexity index is 1250. The van der Waals surface area contributed by atoms with Gasteiger partial charge in [-0.15, -0.1) is 0 Å². The molecule has 3 N–H and O–H groups in total. The Hall–Kier alpha value is -3.33. The van der Waals surface area contributed by atoms with E-state index < -0.39 is 24.0 Å². The van der Waals surface area contributed by atoms with E-state index in [-0.39, 0.29) is 42.2 Å². The highest BCUT2D eigenvalue weighted by Crippen LogP contribution is 2.28. The number of hydrogen-bond acceptors (Lipinski definition) is 5. The van der Waals surface area contributed by atoms with Crippen LogP contribution in [0.25, 0.3) is 0 Å². The van der Waals surface area contributed by atoms with Gasteiger partial charge in [0.05, 0.1) is 24.4 Å². The normalized spacial score (nSPS) is 13.2. The summed E-state index contributed by atoms with van der Waals surface area (Å²) in [6, 6.07) is 16.1. The molecule has 0 saturated heterocycles. The van der Waals surface area contributed by atoms with E-state index in [0.717, 1.165) is 17.2 Å². The number of carboxylic acid groups (broad SMARTS) is 1. The molecule has 0 aromatic heterocycles. The van der Waals surface area contributed by atoms with E-state index in [0.29, 0.717) is 17.7 Å². The molecule has 0 radical (unpaired) electrons. The van der Waals surface area contributed by atoms with Crippen LogP contribution in [-0.4, -0.2) is 41.0 Å². The number of halogens is 2. The molecule has 0 aliphatic heterocycles. The Labute approximate surface area is 222 Å². The number of carboxylic acids is 1. The summed E-state index contributed by atoms with van der Waals surface area (Å²) >= 11 is 0. The van der Waals surface area contributed by atoms with Crippen LogP contribution < -0.4 is 10.1 Å². The number of para-hydroxylation sites is 1. The van der Waals surface area contributed by atoms with E-state index >= 15 is 0 Å². The predicted molar refractivity (Wildman–Crippen MR) is 141 cm³/mol. The van der Waals surface area contributed by atoms with Gasteiger partial charge in [-0.1, -0.05) is 36.4 Å². The molecule has 0 spiro atoms.